The van der Waals surface area contributed by atoms with Gasteiger partial charge in [0, 0.05) is 18.5 Å². The highest BCUT2D eigenvalue weighted by atomic mass is 32.2. The number of fused-ring (bicyclic) bond motifs is 2. The Morgan fingerprint density at radius 3 is 2.83 bits per heavy atom. The molecule has 23 heavy (non-hydrogen) atoms. The van der Waals surface area contributed by atoms with E-state index < -0.39 is 35.5 Å². The van der Waals surface area contributed by atoms with Crippen molar-refractivity contribution in [2.75, 3.05) is 6.54 Å². The molecule has 4 unspecified atom stereocenters. The zero-order valence-electron chi connectivity index (χ0n) is 13.4. The molecule has 2 bridgehead atoms. The summed E-state index contributed by atoms with van der Waals surface area (Å²) in [7, 11) is 0. The number of carbonyl (C=O) groups excluding carboxylic acids is 1. The molecule has 2 aliphatic rings. The normalized spacial score (nSPS) is 32.7. The molecule has 2 aliphatic carbocycles. The highest BCUT2D eigenvalue weighted by Gasteiger charge is 2.48. The van der Waals surface area contributed by atoms with Crippen LogP contribution in [0.25, 0.3) is 0 Å². The van der Waals surface area contributed by atoms with Gasteiger partial charge in [-0.1, -0.05) is 19.8 Å². The number of esters is 1. The molecule has 2 rings (SSSR count). The van der Waals surface area contributed by atoms with Gasteiger partial charge in [0.25, 0.3) is 0 Å². The van der Waals surface area contributed by atoms with Crippen LogP contribution in [0.15, 0.2) is 0 Å². The zero-order chi connectivity index (χ0) is 17.3. The minimum atomic E-state index is -4.63. The minimum absolute atomic E-state index is 0.178. The number of hydrogen-bond donors (Lipinski definition) is 0. The molecule has 0 amide bonds. The number of carbonyl (C=O) groups is 1. The van der Waals surface area contributed by atoms with Gasteiger partial charge in [0.15, 0.2) is 0 Å². The van der Waals surface area contributed by atoms with Crippen LogP contribution in [0.5, 0.6) is 0 Å². The Kier molecular flexibility index (Phi) is 5.90. The van der Waals surface area contributed by atoms with Gasteiger partial charge >= 0.3 is 11.5 Å². The fourth-order valence-electron chi connectivity index (χ4n) is 4.17. The van der Waals surface area contributed by atoms with Crippen LogP contribution in [0.1, 0.15) is 52.4 Å². The van der Waals surface area contributed by atoms with Crippen LogP contribution in [0.3, 0.4) is 0 Å². The van der Waals surface area contributed by atoms with Gasteiger partial charge in [-0.15, -0.1) is 0 Å². The first-order chi connectivity index (χ1) is 10.6. The van der Waals surface area contributed by atoms with E-state index >= 15 is 0 Å². The molecule has 0 radical (unpaired) electrons. The van der Waals surface area contributed by atoms with Crippen LogP contribution in [0.4, 0.5) is 13.2 Å². The van der Waals surface area contributed by atoms with Crippen molar-refractivity contribution in [3.63, 3.8) is 0 Å². The summed E-state index contributed by atoms with van der Waals surface area (Å²) in [6, 6.07) is 0. The van der Waals surface area contributed by atoms with Crippen LogP contribution in [-0.2, 0) is 9.53 Å². The van der Waals surface area contributed by atoms with Crippen LogP contribution < -0.4 is 0 Å². The second kappa shape index (κ2) is 7.19. The predicted molar refractivity (Wildman–Crippen MR) is 82.1 cm³/mol. The van der Waals surface area contributed by atoms with Crippen molar-refractivity contribution in [2.45, 2.75) is 64.0 Å². The number of hydrogen-bond acceptors (Lipinski definition) is 5. The van der Waals surface area contributed by atoms with E-state index in [1.807, 2.05) is 0 Å². The Bertz CT molecular complexity index is 431. The summed E-state index contributed by atoms with van der Waals surface area (Å²) >= 11 is -0.749. The monoisotopic (exact) mass is 354 g/mol. The van der Waals surface area contributed by atoms with Crippen molar-refractivity contribution >= 4 is 17.9 Å². The quantitative estimate of drug-likeness (QED) is 0.413. The Balaban J connectivity index is 1.90. The lowest BCUT2D eigenvalue weighted by Crippen LogP contribution is -2.44. The maximum absolute atomic E-state index is 12.6. The van der Waals surface area contributed by atoms with Crippen molar-refractivity contribution in [3.8, 4) is 0 Å². The summed E-state index contributed by atoms with van der Waals surface area (Å²) in [6.45, 7) is 3.09. The smallest absolute Gasteiger partial charge is 0.455 e. The molecule has 134 valence electrons. The lowest BCUT2D eigenvalue weighted by atomic mass is 9.59. The van der Waals surface area contributed by atoms with Gasteiger partial charge in [0.2, 0.25) is 0 Å². The van der Waals surface area contributed by atoms with E-state index in [0.717, 1.165) is 38.5 Å². The average molecular weight is 354 g/mol. The van der Waals surface area contributed by atoms with Crippen molar-refractivity contribution in [2.24, 2.45) is 17.3 Å². The average Bonchev–Trinajstić information content (AvgIpc) is 2.34. The van der Waals surface area contributed by atoms with Crippen LogP contribution in [0, 0.1) is 22.5 Å². The van der Waals surface area contributed by atoms with E-state index in [9.17, 15) is 23.2 Å². The molecule has 0 aromatic carbocycles. The molecule has 4 atom stereocenters. The number of halogens is 3. The SMILES string of the molecule is CC1CC2CCCC(C(=O)OC(C)CN([O-])SC(F)(F)F)(C1)C2. The number of ether oxygens (including phenoxy) is 1. The molecule has 2 fully saturated rings. The Morgan fingerprint density at radius 2 is 2.17 bits per heavy atom. The highest BCUT2D eigenvalue weighted by Crippen LogP contribution is 2.51. The van der Waals surface area contributed by atoms with Gasteiger partial charge in [0.05, 0.1) is 5.41 Å². The number of alkyl halides is 3. The maximum Gasteiger partial charge on any atom is 0.455 e. The van der Waals surface area contributed by atoms with E-state index in [2.05, 4.69) is 6.92 Å². The van der Waals surface area contributed by atoms with Crippen molar-refractivity contribution < 1.29 is 22.7 Å². The molecule has 0 N–H and O–H groups in total. The molecule has 4 nitrogen and oxygen atoms in total. The molecule has 0 saturated heterocycles. The van der Waals surface area contributed by atoms with Crippen LogP contribution in [0.2, 0.25) is 0 Å². The molecule has 2 saturated carbocycles. The Labute approximate surface area is 138 Å². The molecule has 0 aromatic heterocycles. The van der Waals surface area contributed by atoms with Gasteiger partial charge in [-0.05, 0) is 44.4 Å². The highest BCUT2D eigenvalue weighted by molar-refractivity contribution is 7.97. The van der Waals surface area contributed by atoms with Crippen molar-refractivity contribution in [1.82, 2.24) is 4.47 Å². The van der Waals surface area contributed by atoms with Gasteiger partial charge in [0.1, 0.15) is 6.10 Å². The first-order valence-electron chi connectivity index (χ1n) is 8.01. The summed E-state index contributed by atoms with van der Waals surface area (Å²) < 4.78 is 41.6. The number of rotatable bonds is 5. The molecule has 0 heterocycles. The lowest BCUT2D eigenvalue weighted by molar-refractivity contribution is -0.168. The second-order valence-corrected chi connectivity index (χ2v) is 8.11. The van der Waals surface area contributed by atoms with Gasteiger partial charge in [-0.3, -0.25) is 4.79 Å². The number of hydroxylamine groups is 1. The summed E-state index contributed by atoms with van der Waals surface area (Å²) in [5.74, 6) is 0.646. The molecule has 8 heteroatoms. The van der Waals surface area contributed by atoms with E-state index in [4.69, 9.17) is 4.74 Å². The predicted octanol–water partition coefficient (Wildman–Crippen LogP) is 4.49. The second-order valence-electron chi connectivity index (χ2n) is 7.06. The van der Waals surface area contributed by atoms with E-state index in [1.165, 1.54) is 6.92 Å². The zero-order valence-corrected chi connectivity index (χ0v) is 14.2. The molecule has 0 aromatic rings. The van der Waals surface area contributed by atoms with Gasteiger partial charge in [-0.2, -0.15) is 13.2 Å². The fourth-order valence-corrected chi connectivity index (χ4v) is 4.68. The van der Waals surface area contributed by atoms with Gasteiger partial charge in [-0.25, -0.2) is 0 Å². The molecular formula is C15H23F3NO3S-. The Hall–Kier alpha value is -0.470. The van der Waals surface area contributed by atoms with Crippen molar-refractivity contribution in [3.05, 3.63) is 5.21 Å². The van der Waals surface area contributed by atoms with E-state index in [0.29, 0.717) is 11.8 Å². The summed E-state index contributed by atoms with van der Waals surface area (Å²) in [4.78, 5) is 12.6. The summed E-state index contributed by atoms with van der Waals surface area (Å²) in [5.41, 5.74) is -5.13. The minimum Gasteiger partial charge on any atom is -0.775 e. The lowest BCUT2D eigenvalue weighted by Gasteiger charge is -2.46. The van der Waals surface area contributed by atoms with Crippen LogP contribution >= 0.6 is 11.9 Å². The van der Waals surface area contributed by atoms with Crippen molar-refractivity contribution in [1.29, 1.82) is 0 Å². The standard InChI is InChI=1S/C15H23F3NO3S/c1-10-6-12-4-3-5-14(7-10,8-12)13(20)22-11(2)9-19(21)23-15(16,17)18/h10-12H,3-9H2,1-2H3/q-1. The first kappa shape index (κ1) is 18.9. The fraction of sp³-hybridized carbons (Fsp3) is 0.933. The third-order valence-corrected chi connectivity index (χ3v) is 5.33. The molecule has 0 aliphatic heterocycles. The molecule has 0 spiro atoms. The topological polar surface area (TPSA) is 52.6 Å². The summed E-state index contributed by atoms with van der Waals surface area (Å²) in [5, 5.41) is 11.3. The maximum atomic E-state index is 12.6. The summed E-state index contributed by atoms with van der Waals surface area (Å²) in [6.07, 6.45) is 4.74. The van der Waals surface area contributed by atoms with Crippen LogP contribution in [-0.4, -0.2) is 28.6 Å². The molecular weight excluding hydrogens is 331 g/mol. The number of nitrogens with zero attached hydrogens (tertiary/aromatic N) is 1. The largest absolute Gasteiger partial charge is 0.775 e. The van der Waals surface area contributed by atoms with E-state index in [-0.39, 0.29) is 10.4 Å². The Morgan fingerprint density at radius 1 is 1.48 bits per heavy atom. The van der Waals surface area contributed by atoms with E-state index in [1.54, 1.807) is 0 Å². The third kappa shape index (κ3) is 5.26. The first-order valence-corrected chi connectivity index (χ1v) is 8.78. The third-order valence-electron chi connectivity index (χ3n) is 4.77. The van der Waals surface area contributed by atoms with Gasteiger partial charge < -0.3 is 14.4 Å².